The van der Waals surface area contributed by atoms with Crippen molar-refractivity contribution in [3.63, 3.8) is 0 Å². The summed E-state index contributed by atoms with van der Waals surface area (Å²) in [7, 11) is 0. The quantitative estimate of drug-likeness (QED) is 0.0903. The van der Waals surface area contributed by atoms with E-state index in [1.54, 1.807) is 0 Å². The standard InChI is InChI=1S/C26H28O16.ClH/c27-9-3-11(28)10-5-16(24(40-15(10)4-9)8-1-12(29)18(32)13(30)2-8)41-26-23(37)21(35)20(34)17(42-26)7-39-25-22(36)19(33)14(31)6-38-25;/h1-5,14,17,19-23,25-26,31,33-37H,6-7H2,(H4-,27,28,29,30,32);1H. The summed E-state index contributed by atoms with van der Waals surface area (Å²) >= 11 is 0. The van der Waals surface area contributed by atoms with Crippen molar-refractivity contribution in [1.29, 1.82) is 0 Å². The van der Waals surface area contributed by atoms with Gasteiger partial charge in [0.1, 0.15) is 59.6 Å². The molecule has 17 heteroatoms. The molecule has 5 rings (SSSR count). The minimum atomic E-state index is -1.87. The van der Waals surface area contributed by atoms with E-state index in [-0.39, 0.29) is 52.8 Å². The number of benzene rings is 2. The highest BCUT2D eigenvalue weighted by atomic mass is 35.5. The monoisotopic (exact) mass is 632 g/mol. The van der Waals surface area contributed by atoms with Crippen LogP contribution in [0.25, 0.3) is 22.3 Å². The molecule has 43 heavy (non-hydrogen) atoms. The molecule has 16 nitrogen and oxygen atoms in total. The highest BCUT2D eigenvalue weighted by Crippen LogP contribution is 2.44. The first-order valence-corrected chi connectivity index (χ1v) is 12.6. The molecule has 0 saturated carbocycles. The number of phenolic OH excluding ortho intramolecular Hbond substituents is 5. The average Bonchev–Trinajstić information content (AvgIpc) is 2.94. The number of rotatable bonds is 6. The minimum Gasteiger partial charge on any atom is -1.00 e. The summed E-state index contributed by atoms with van der Waals surface area (Å²) < 4.78 is 27.8. The molecule has 236 valence electrons. The fourth-order valence-corrected chi connectivity index (χ4v) is 4.60. The van der Waals surface area contributed by atoms with E-state index in [9.17, 15) is 56.2 Å². The van der Waals surface area contributed by atoms with Crippen molar-refractivity contribution in [2.24, 2.45) is 0 Å². The molecular formula is C26H29ClO16. The van der Waals surface area contributed by atoms with E-state index in [0.717, 1.165) is 24.3 Å². The summed E-state index contributed by atoms with van der Waals surface area (Å²) in [5.74, 6) is -3.64. The number of hydrogen-bond acceptors (Lipinski definition) is 15. The average molecular weight is 633 g/mol. The lowest BCUT2D eigenvalue weighted by Crippen LogP contribution is -3.00. The van der Waals surface area contributed by atoms with Crippen LogP contribution in [0.3, 0.4) is 0 Å². The van der Waals surface area contributed by atoms with Gasteiger partial charge in [-0.25, -0.2) is 4.42 Å². The van der Waals surface area contributed by atoms with Gasteiger partial charge in [-0.15, -0.1) is 0 Å². The van der Waals surface area contributed by atoms with Crippen molar-refractivity contribution in [2.45, 2.75) is 55.3 Å². The first kappa shape index (κ1) is 32.5. The Hall–Kier alpha value is -3.42. The lowest BCUT2D eigenvalue weighted by atomic mass is 9.99. The van der Waals surface area contributed by atoms with E-state index in [1.807, 2.05) is 0 Å². The Balaban J connectivity index is 0.00000423. The molecule has 0 bridgehead atoms. The summed E-state index contributed by atoms with van der Waals surface area (Å²) in [5, 5.41) is 111. The first-order valence-electron chi connectivity index (χ1n) is 12.6. The third-order valence-corrected chi connectivity index (χ3v) is 6.94. The van der Waals surface area contributed by atoms with Crippen molar-refractivity contribution < 1.29 is 91.9 Å². The number of aromatic hydroxyl groups is 5. The van der Waals surface area contributed by atoms with Gasteiger partial charge >= 0.3 is 11.3 Å². The van der Waals surface area contributed by atoms with Gasteiger partial charge in [0, 0.05) is 24.3 Å². The van der Waals surface area contributed by atoms with Crippen LogP contribution in [0.1, 0.15) is 0 Å². The summed E-state index contributed by atoms with van der Waals surface area (Å²) in [6, 6.07) is 5.38. The molecule has 9 atom stereocenters. The molecule has 0 radical (unpaired) electrons. The Labute approximate surface area is 247 Å². The highest BCUT2D eigenvalue weighted by Gasteiger charge is 2.47. The highest BCUT2D eigenvalue weighted by molar-refractivity contribution is 5.88. The van der Waals surface area contributed by atoms with Gasteiger partial charge in [0.15, 0.2) is 23.5 Å². The second-order valence-corrected chi connectivity index (χ2v) is 9.90. The topological polar surface area (TPSA) is 271 Å². The summed E-state index contributed by atoms with van der Waals surface area (Å²) in [6.07, 6.45) is -14.6. The molecule has 0 amide bonds. The van der Waals surface area contributed by atoms with Gasteiger partial charge in [-0.3, -0.25) is 0 Å². The number of aliphatic hydroxyl groups excluding tert-OH is 6. The van der Waals surface area contributed by atoms with E-state index in [4.69, 9.17) is 23.4 Å². The number of ether oxygens (including phenoxy) is 4. The maximum absolute atomic E-state index is 10.6. The maximum atomic E-state index is 10.6. The zero-order chi connectivity index (χ0) is 30.5. The maximum Gasteiger partial charge on any atom is 0.402 e. The molecule has 2 aliphatic heterocycles. The Morgan fingerprint density at radius 3 is 2.07 bits per heavy atom. The summed E-state index contributed by atoms with van der Waals surface area (Å²) in [4.78, 5) is 0. The molecule has 2 aromatic carbocycles. The van der Waals surface area contributed by atoms with Gasteiger partial charge < -0.3 is 87.5 Å². The zero-order valence-electron chi connectivity index (χ0n) is 21.8. The van der Waals surface area contributed by atoms with Crippen LogP contribution in [-0.2, 0) is 14.2 Å². The van der Waals surface area contributed by atoms with E-state index in [2.05, 4.69) is 0 Å². The van der Waals surface area contributed by atoms with Gasteiger partial charge in [-0.05, 0) is 0 Å². The van der Waals surface area contributed by atoms with E-state index in [1.165, 1.54) is 6.07 Å². The van der Waals surface area contributed by atoms with Crippen LogP contribution >= 0.6 is 0 Å². The third kappa shape index (κ3) is 6.29. The van der Waals surface area contributed by atoms with E-state index in [0.29, 0.717) is 0 Å². The molecule has 2 fully saturated rings. The fourth-order valence-electron chi connectivity index (χ4n) is 4.60. The number of aliphatic hydroxyl groups is 6. The predicted octanol–water partition coefficient (Wildman–Crippen LogP) is -4.45. The number of halogens is 1. The van der Waals surface area contributed by atoms with Gasteiger partial charge in [-0.1, -0.05) is 0 Å². The number of hydrogen-bond donors (Lipinski definition) is 11. The van der Waals surface area contributed by atoms with Crippen molar-refractivity contribution >= 4 is 11.0 Å². The van der Waals surface area contributed by atoms with Crippen molar-refractivity contribution in [2.75, 3.05) is 13.2 Å². The molecule has 11 N–H and O–H groups in total. The normalized spacial score (nSPS) is 31.0. The van der Waals surface area contributed by atoms with Gasteiger partial charge in [0.2, 0.25) is 12.0 Å². The smallest absolute Gasteiger partial charge is 0.402 e. The SMILES string of the molecule is Oc1cc(O)c2cc(OC3OC(COC4OCC(O)C(O)C4O)C(O)C(O)C3O)c(-c3cc(O)c(O)c(O)c3)[o+]c2c1.[Cl-]. The molecule has 3 aromatic rings. The van der Waals surface area contributed by atoms with Gasteiger partial charge in [0.05, 0.1) is 24.8 Å². The van der Waals surface area contributed by atoms with Crippen molar-refractivity contribution in [3.8, 4) is 45.8 Å². The zero-order valence-corrected chi connectivity index (χ0v) is 22.6. The van der Waals surface area contributed by atoms with Gasteiger partial charge in [0.25, 0.3) is 0 Å². The Morgan fingerprint density at radius 2 is 1.40 bits per heavy atom. The summed E-state index contributed by atoms with van der Waals surface area (Å²) in [5.41, 5.74) is -0.149. The Bertz CT molecular complexity index is 1430. The second kappa shape index (κ2) is 12.7. The molecule has 3 heterocycles. The van der Waals surface area contributed by atoms with Crippen LogP contribution in [0.15, 0.2) is 34.7 Å². The third-order valence-electron chi connectivity index (χ3n) is 6.94. The predicted molar refractivity (Wildman–Crippen MR) is 135 cm³/mol. The summed E-state index contributed by atoms with van der Waals surface area (Å²) in [6.45, 7) is -0.907. The van der Waals surface area contributed by atoms with Gasteiger partial charge in [-0.2, -0.15) is 0 Å². The minimum absolute atomic E-state index is 0. The lowest BCUT2D eigenvalue weighted by molar-refractivity contribution is -0.307. The molecule has 2 saturated heterocycles. The number of fused-ring (bicyclic) bond motifs is 1. The van der Waals surface area contributed by atoms with Crippen molar-refractivity contribution in [3.05, 3.63) is 30.3 Å². The number of phenols is 5. The van der Waals surface area contributed by atoms with Crippen LogP contribution < -0.4 is 17.1 Å². The first-order chi connectivity index (χ1) is 19.8. The lowest BCUT2D eigenvalue weighted by Gasteiger charge is -2.41. The van der Waals surface area contributed by atoms with Crippen LogP contribution in [0.2, 0.25) is 0 Å². The largest absolute Gasteiger partial charge is 1.00 e. The van der Waals surface area contributed by atoms with E-state index >= 15 is 0 Å². The molecule has 1 aromatic heterocycles. The van der Waals surface area contributed by atoms with Crippen LogP contribution in [0.4, 0.5) is 0 Å². The molecule has 0 aliphatic carbocycles. The van der Waals surface area contributed by atoms with Crippen LogP contribution in [-0.4, -0.2) is 125 Å². The molecule has 2 aliphatic rings. The Kier molecular flexibility index (Phi) is 9.57. The van der Waals surface area contributed by atoms with Crippen LogP contribution in [0, 0.1) is 0 Å². The molecule has 0 spiro atoms. The van der Waals surface area contributed by atoms with Crippen LogP contribution in [0.5, 0.6) is 34.5 Å². The van der Waals surface area contributed by atoms with E-state index < -0.39 is 84.9 Å². The molecule has 9 unspecified atom stereocenters. The fraction of sp³-hybridized carbons (Fsp3) is 0.423. The molecular weight excluding hydrogens is 604 g/mol. The Morgan fingerprint density at radius 1 is 0.744 bits per heavy atom. The van der Waals surface area contributed by atoms with Crippen molar-refractivity contribution in [1.82, 2.24) is 0 Å². The second-order valence-electron chi connectivity index (χ2n) is 9.90.